The number of anilines is 1. The quantitative estimate of drug-likeness (QED) is 0.524. The summed E-state index contributed by atoms with van der Waals surface area (Å²) < 4.78 is 50.0. The Labute approximate surface area is 163 Å². The van der Waals surface area contributed by atoms with Crippen LogP contribution in [0.2, 0.25) is 0 Å². The van der Waals surface area contributed by atoms with Gasteiger partial charge in [-0.1, -0.05) is 0 Å². The Morgan fingerprint density at radius 2 is 2.07 bits per heavy atom. The van der Waals surface area contributed by atoms with Crippen molar-refractivity contribution in [2.45, 2.75) is 32.0 Å². The molecule has 1 aliphatic rings. The molecule has 1 aromatic heterocycles. The predicted molar refractivity (Wildman–Crippen MR) is 98.8 cm³/mol. The fourth-order valence-corrected chi connectivity index (χ4v) is 3.82. The first-order valence-corrected chi connectivity index (χ1v) is 9.46. The van der Waals surface area contributed by atoms with Crippen molar-refractivity contribution < 1.29 is 26.4 Å². The van der Waals surface area contributed by atoms with Crippen LogP contribution >= 0.6 is 0 Å². The van der Waals surface area contributed by atoms with Gasteiger partial charge in [0.1, 0.15) is 18.0 Å². The first-order chi connectivity index (χ1) is 13.1. The molecule has 1 saturated heterocycles. The van der Waals surface area contributed by atoms with E-state index in [1.54, 1.807) is 6.92 Å². The summed E-state index contributed by atoms with van der Waals surface area (Å²) in [7, 11) is 1.91. The number of aryl methyl sites for hydroxylation is 1. The summed E-state index contributed by atoms with van der Waals surface area (Å²) in [5.41, 5.74) is -0.187. The van der Waals surface area contributed by atoms with Crippen LogP contribution in [0.3, 0.4) is 0 Å². The fraction of sp³-hybridized carbons (Fsp3) is 0.471. The third kappa shape index (κ3) is 4.41. The summed E-state index contributed by atoms with van der Waals surface area (Å²) in [6.45, 7) is 3.12. The molecule has 0 bridgehead atoms. The number of alkyl halides is 3. The van der Waals surface area contributed by atoms with Crippen LogP contribution in [0.25, 0.3) is 11.3 Å². The number of halogens is 3. The fourth-order valence-electron chi connectivity index (χ4n) is 3.33. The number of aromatic nitrogens is 3. The molecule has 1 aliphatic heterocycles. The number of hydrogen-bond donors (Lipinski definition) is 3. The van der Waals surface area contributed by atoms with Crippen LogP contribution in [0.15, 0.2) is 18.2 Å². The number of rotatable bonds is 4. The van der Waals surface area contributed by atoms with Crippen LogP contribution in [0.5, 0.6) is 5.75 Å². The molecule has 0 spiro atoms. The highest BCUT2D eigenvalue weighted by atomic mass is 32.2. The van der Waals surface area contributed by atoms with Gasteiger partial charge in [0.25, 0.3) is 0 Å². The van der Waals surface area contributed by atoms with Crippen molar-refractivity contribution in [2.75, 3.05) is 25.5 Å². The normalized spacial score (nSPS) is 22.8. The van der Waals surface area contributed by atoms with Gasteiger partial charge in [0.05, 0.1) is 30.9 Å². The van der Waals surface area contributed by atoms with Crippen LogP contribution in [0, 0.1) is 6.92 Å². The van der Waals surface area contributed by atoms with Crippen molar-refractivity contribution >= 4 is 17.8 Å². The lowest BCUT2D eigenvalue weighted by molar-refractivity contribution is -0.783. The van der Waals surface area contributed by atoms with Crippen molar-refractivity contribution in [1.82, 2.24) is 15.2 Å². The summed E-state index contributed by atoms with van der Waals surface area (Å²) in [6.07, 6.45) is -2.75. The summed E-state index contributed by atoms with van der Waals surface area (Å²) in [5.74, 6) is -0.252. The molecule has 2 atom stereocenters. The Hall–Kier alpha value is -2.27. The second kappa shape index (κ2) is 7.63. The second-order valence-corrected chi connectivity index (χ2v) is 8.24. The van der Waals surface area contributed by atoms with E-state index >= 15 is 0 Å². The molecule has 1 aromatic carbocycles. The van der Waals surface area contributed by atoms with Crippen LogP contribution in [-0.4, -0.2) is 54.6 Å². The molecule has 7 nitrogen and oxygen atoms in total. The van der Waals surface area contributed by atoms with E-state index in [1.807, 2.05) is 7.05 Å². The second-order valence-electron chi connectivity index (χ2n) is 7.11. The van der Waals surface area contributed by atoms with E-state index in [0.717, 1.165) is 31.5 Å². The third-order valence-corrected chi connectivity index (χ3v) is 5.54. The van der Waals surface area contributed by atoms with Crippen molar-refractivity contribution in [3.05, 3.63) is 29.5 Å². The highest BCUT2D eigenvalue weighted by Crippen LogP contribution is 2.36. The SMILES string of the molecule is Cc1nc(N[C@@H]2CCC[N@@+](C)([SH]=O)C2)nnc1-c1ccc(C(F)(F)F)cc1O. The Bertz CT molecular complexity index is 896. The molecular formula is C17H21F3N5O2S+. The number of likely N-dealkylation sites (N-methyl/N-ethyl adjacent to an activating group) is 1. The van der Waals surface area contributed by atoms with Gasteiger partial charge in [-0.25, -0.2) is 13.1 Å². The molecule has 0 saturated carbocycles. The molecular weight excluding hydrogens is 395 g/mol. The molecule has 3 rings (SSSR count). The van der Waals surface area contributed by atoms with Crippen molar-refractivity contribution in [3.8, 4) is 17.0 Å². The highest BCUT2D eigenvalue weighted by Gasteiger charge is 2.32. The predicted octanol–water partition coefficient (Wildman–Crippen LogP) is 2.45. The number of piperidine rings is 1. The van der Waals surface area contributed by atoms with Gasteiger partial charge in [-0.05, 0) is 38.0 Å². The van der Waals surface area contributed by atoms with Gasteiger partial charge >= 0.3 is 6.18 Å². The van der Waals surface area contributed by atoms with Gasteiger partial charge in [0.2, 0.25) is 5.95 Å². The molecule has 0 amide bonds. The molecule has 152 valence electrons. The number of thiol groups is 1. The van der Waals surface area contributed by atoms with E-state index in [-0.39, 0.29) is 35.1 Å². The molecule has 0 unspecified atom stereocenters. The standard InChI is InChI=1S/C17H20F3N5O2S/c1-10-15(13-6-5-11(8-14(13)26)17(18,19)20)23-24-16(21-10)22-12-4-3-7-25(2,9-12)28-27/h5-6,8,12,28H,3-4,7,9H2,1-2H3,(H-,21,22,23,24,26)/p+1/t12-,25-/m1/s1. The maximum atomic E-state index is 12.8. The van der Waals surface area contributed by atoms with E-state index in [9.17, 15) is 22.5 Å². The molecule has 0 aliphatic carbocycles. The van der Waals surface area contributed by atoms with E-state index in [0.29, 0.717) is 22.2 Å². The minimum absolute atomic E-state index is 0.0340. The van der Waals surface area contributed by atoms with Crippen molar-refractivity contribution in [2.24, 2.45) is 0 Å². The van der Waals surface area contributed by atoms with Crippen LogP contribution in [0.1, 0.15) is 24.1 Å². The minimum atomic E-state index is -4.54. The van der Waals surface area contributed by atoms with Crippen LogP contribution in [-0.2, 0) is 18.0 Å². The monoisotopic (exact) mass is 416 g/mol. The van der Waals surface area contributed by atoms with Gasteiger partial charge in [-0.2, -0.15) is 13.2 Å². The van der Waals surface area contributed by atoms with E-state index < -0.39 is 17.5 Å². The number of hydrogen-bond acceptors (Lipinski definition) is 6. The van der Waals surface area contributed by atoms with E-state index in [4.69, 9.17) is 0 Å². The lowest BCUT2D eigenvalue weighted by atomic mass is 10.1. The van der Waals surface area contributed by atoms with E-state index in [2.05, 4.69) is 20.5 Å². The summed E-state index contributed by atoms with van der Waals surface area (Å²) in [4.78, 5) is 4.32. The summed E-state index contributed by atoms with van der Waals surface area (Å²) >= 11 is 0.0563. The zero-order valence-corrected chi connectivity index (χ0v) is 16.3. The first-order valence-electron chi connectivity index (χ1n) is 8.69. The van der Waals surface area contributed by atoms with Gasteiger partial charge in [-0.3, -0.25) is 0 Å². The summed E-state index contributed by atoms with van der Waals surface area (Å²) in [6, 6.07) is 2.73. The zero-order valence-electron chi connectivity index (χ0n) is 15.4. The first kappa shape index (κ1) is 20.5. The van der Waals surface area contributed by atoms with Crippen molar-refractivity contribution in [3.63, 3.8) is 0 Å². The number of nitrogens with zero attached hydrogens (tertiary/aromatic N) is 4. The van der Waals surface area contributed by atoms with Crippen LogP contribution in [0.4, 0.5) is 19.1 Å². The number of phenolic OH excluding ortho intramolecular Hbond substituents is 1. The average Bonchev–Trinajstić information content (AvgIpc) is 2.62. The molecule has 0 radical (unpaired) electrons. The lowest BCUT2D eigenvalue weighted by Gasteiger charge is -2.35. The number of aromatic hydroxyl groups is 1. The third-order valence-electron chi connectivity index (χ3n) is 4.78. The van der Waals surface area contributed by atoms with Gasteiger partial charge < -0.3 is 10.4 Å². The number of phenols is 1. The van der Waals surface area contributed by atoms with E-state index in [1.165, 1.54) is 0 Å². The van der Waals surface area contributed by atoms with Gasteiger partial charge in [-0.15, -0.1) is 10.2 Å². The molecule has 28 heavy (non-hydrogen) atoms. The lowest BCUT2D eigenvalue weighted by Crippen LogP contribution is -2.52. The maximum absolute atomic E-state index is 12.8. The Morgan fingerprint density at radius 1 is 1.32 bits per heavy atom. The number of benzene rings is 1. The summed E-state index contributed by atoms with van der Waals surface area (Å²) in [5, 5.41) is 21.2. The number of likely N-dealkylation sites (tertiary alicyclic amines) is 1. The number of nitrogens with one attached hydrogen (secondary N) is 1. The molecule has 2 aromatic rings. The highest BCUT2D eigenvalue weighted by molar-refractivity contribution is 7.59. The molecule has 11 heteroatoms. The maximum Gasteiger partial charge on any atom is 0.416 e. The molecule has 1 fully saturated rings. The topological polar surface area (TPSA) is 88.0 Å². The van der Waals surface area contributed by atoms with Crippen LogP contribution < -0.4 is 5.32 Å². The molecule has 2 N–H and O–H groups in total. The van der Waals surface area contributed by atoms with Gasteiger partial charge in [0.15, 0.2) is 11.9 Å². The van der Waals surface area contributed by atoms with Crippen molar-refractivity contribution in [1.29, 1.82) is 0 Å². The smallest absolute Gasteiger partial charge is 0.416 e. The van der Waals surface area contributed by atoms with Gasteiger partial charge in [0, 0.05) is 5.56 Å². The Kier molecular flexibility index (Phi) is 5.57. The largest absolute Gasteiger partial charge is 0.507 e. The zero-order chi connectivity index (χ0) is 20.5. The Morgan fingerprint density at radius 3 is 2.68 bits per heavy atom. The minimum Gasteiger partial charge on any atom is -0.507 e. The average molecular weight is 416 g/mol. The number of quaternary nitrogens is 1. The molecule has 2 heterocycles. The Balaban J connectivity index is 1.80.